The zero-order valence-electron chi connectivity index (χ0n) is 15.7. The molecule has 1 atom stereocenters. The van der Waals surface area contributed by atoms with Gasteiger partial charge in [-0.1, -0.05) is 75.7 Å². The Morgan fingerprint density at radius 1 is 0.840 bits per heavy atom. The molecule has 0 saturated carbocycles. The first kappa shape index (κ1) is 17.5. The van der Waals surface area contributed by atoms with E-state index in [1.165, 1.54) is 28.8 Å². The molecule has 1 nitrogen and oxygen atoms in total. The Morgan fingerprint density at radius 2 is 1.48 bits per heavy atom. The van der Waals surface area contributed by atoms with Gasteiger partial charge >= 0.3 is 0 Å². The number of hydrogen-bond donors (Lipinski definition) is 0. The van der Waals surface area contributed by atoms with Gasteiger partial charge in [0.25, 0.3) is 0 Å². The molecule has 0 bridgehead atoms. The van der Waals surface area contributed by atoms with Crippen LogP contribution in [0.25, 0.3) is 5.57 Å². The van der Waals surface area contributed by atoms with Gasteiger partial charge in [-0.15, -0.1) is 0 Å². The maximum Gasteiger partial charge on any atom is 0.0591 e. The summed E-state index contributed by atoms with van der Waals surface area (Å²) in [6.07, 6.45) is 6.92. The second-order valence-electron chi connectivity index (χ2n) is 6.68. The Kier molecular flexibility index (Phi) is 5.75. The third-order valence-corrected chi connectivity index (χ3v) is 5.08. The number of para-hydroxylation sites is 1. The highest BCUT2D eigenvalue weighted by molar-refractivity contribution is 5.81. The number of allylic oxidation sites excluding steroid dienone is 2. The van der Waals surface area contributed by atoms with Crippen LogP contribution >= 0.6 is 0 Å². The summed E-state index contributed by atoms with van der Waals surface area (Å²) >= 11 is 0. The molecule has 0 N–H and O–H groups in total. The van der Waals surface area contributed by atoms with Crippen molar-refractivity contribution in [2.24, 2.45) is 0 Å². The predicted molar refractivity (Wildman–Crippen MR) is 110 cm³/mol. The summed E-state index contributed by atoms with van der Waals surface area (Å²) in [7, 11) is 0. The summed E-state index contributed by atoms with van der Waals surface area (Å²) in [5.41, 5.74) is 7.21. The van der Waals surface area contributed by atoms with E-state index in [1.807, 2.05) is 0 Å². The minimum Gasteiger partial charge on any atom is -0.340 e. The molecule has 1 aliphatic rings. The van der Waals surface area contributed by atoms with Crippen LogP contribution < -0.4 is 4.90 Å². The summed E-state index contributed by atoms with van der Waals surface area (Å²) in [6, 6.07) is 22.2. The van der Waals surface area contributed by atoms with Crippen LogP contribution in [0.2, 0.25) is 0 Å². The van der Waals surface area contributed by atoms with Crippen molar-refractivity contribution in [2.75, 3.05) is 4.90 Å². The van der Waals surface area contributed by atoms with Crippen molar-refractivity contribution in [1.29, 1.82) is 0 Å². The third kappa shape index (κ3) is 3.56. The van der Waals surface area contributed by atoms with Gasteiger partial charge in [0, 0.05) is 11.9 Å². The highest BCUT2D eigenvalue weighted by Crippen LogP contribution is 2.40. The van der Waals surface area contributed by atoms with E-state index in [-0.39, 0.29) is 0 Å². The first-order valence-corrected chi connectivity index (χ1v) is 9.63. The molecule has 0 saturated heterocycles. The molecule has 0 aliphatic carbocycles. The topological polar surface area (TPSA) is 3.24 Å². The quantitative estimate of drug-likeness (QED) is 0.560. The fourth-order valence-corrected chi connectivity index (χ4v) is 3.99. The van der Waals surface area contributed by atoms with E-state index in [0.29, 0.717) is 6.04 Å². The summed E-state index contributed by atoms with van der Waals surface area (Å²) in [4.78, 5) is 2.49. The Morgan fingerprint density at radius 3 is 2.04 bits per heavy atom. The maximum atomic E-state index is 2.49. The molecule has 0 aromatic heterocycles. The van der Waals surface area contributed by atoms with E-state index in [1.54, 1.807) is 5.57 Å². The molecule has 2 aromatic rings. The molecule has 130 valence electrons. The van der Waals surface area contributed by atoms with Crippen molar-refractivity contribution < 1.29 is 0 Å². The Labute approximate surface area is 152 Å². The average Bonchev–Trinajstić information content (AvgIpc) is 2.68. The van der Waals surface area contributed by atoms with Crippen molar-refractivity contribution in [3.05, 3.63) is 83.6 Å². The zero-order valence-corrected chi connectivity index (χ0v) is 15.7. The molecule has 2 aromatic carbocycles. The van der Waals surface area contributed by atoms with Crippen LogP contribution in [0.15, 0.2) is 78.0 Å². The normalized spacial score (nSPS) is 17.6. The minimum absolute atomic E-state index is 0.389. The predicted octanol–water partition coefficient (Wildman–Crippen LogP) is 6.83. The van der Waals surface area contributed by atoms with Crippen LogP contribution in [0.4, 0.5) is 5.69 Å². The molecule has 0 radical (unpaired) electrons. The first-order chi connectivity index (χ1) is 12.3. The molecule has 1 unspecified atom stereocenters. The maximum absolute atomic E-state index is 2.49. The molecular formula is C24H29N. The fraction of sp³-hybridized carbons (Fsp3) is 0.333. The number of nitrogens with zero attached hydrogens (tertiary/aromatic N) is 1. The molecule has 1 aliphatic heterocycles. The van der Waals surface area contributed by atoms with E-state index < -0.39 is 0 Å². The lowest BCUT2D eigenvalue weighted by Gasteiger charge is -2.39. The monoisotopic (exact) mass is 331 g/mol. The lowest BCUT2D eigenvalue weighted by Crippen LogP contribution is -2.35. The lowest BCUT2D eigenvalue weighted by atomic mass is 9.82. The van der Waals surface area contributed by atoms with Gasteiger partial charge in [0.2, 0.25) is 0 Å². The number of hydrogen-bond acceptors (Lipinski definition) is 1. The number of benzene rings is 2. The van der Waals surface area contributed by atoms with Crippen molar-refractivity contribution in [1.82, 2.24) is 0 Å². The standard InChI is InChI=1S/C24H29N/c1-4-13-20-18-25(21-16-11-8-12-17-21)23(6-3)24(22(20)5-2)19-14-9-7-10-15-19/h7-12,14-18,23H,4-6,13H2,1-3H3. The van der Waals surface area contributed by atoms with Crippen LogP contribution in [0.5, 0.6) is 0 Å². The Balaban J connectivity index is 2.17. The fourth-order valence-electron chi connectivity index (χ4n) is 3.99. The van der Waals surface area contributed by atoms with E-state index in [4.69, 9.17) is 0 Å². The van der Waals surface area contributed by atoms with Gasteiger partial charge in [0.15, 0.2) is 0 Å². The molecule has 1 heteroatoms. The van der Waals surface area contributed by atoms with Crippen LogP contribution in [0.3, 0.4) is 0 Å². The number of anilines is 1. The van der Waals surface area contributed by atoms with Crippen LogP contribution in [0.1, 0.15) is 52.0 Å². The SMILES string of the molecule is CCCC1=CN(c2ccccc2)C(CC)C(c2ccccc2)=C1CC. The molecule has 0 amide bonds. The van der Waals surface area contributed by atoms with Crippen molar-refractivity contribution >= 4 is 11.3 Å². The molecule has 1 heterocycles. The van der Waals surface area contributed by atoms with Gasteiger partial charge < -0.3 is 4.90 Å². The van der Waals surface area contributed by atoms with E-state index >= 15 is 0 Å². The molecular weight excluding hydrogens is 302 g/mol. The van der Waals surface area contributed by atoms with Crippen LogP contribution in [0, 0.1) is 0 Å². The van der Waals surface area contributed by atoms with Gasteiger partial charge in [-0.25, -0.2) is 0 Å². The Hall–Kier alpha value is -2.28. The molecule has 0 fully saturated rings. The first-order valence-electron chi connectivity index (χ1n) is 9.63. The van der Waals surface area contributed by atoms with E-state index in [0.717, 1.165) is 19.3 Å². The smallest absolute Gasteiger partial charge is 0.0591 e. The largest absolute Gasteiger partial charge is 0.340 e. The average molecular weight is 332 g/mol. The van der Waals surface area contributed by atoms with Crippen molar-refractivity contribution in [3.8, 4) is 0 Å². The zero-order chi connectivity index (χ0) is 17.6. The van der Waals surface area contributed by atoms with Crippen molar-refractivity contribution in [3.63, 3.8) is 0 Å². The second kappa shape index (κ2) is 8.20. The summed E-state index contributed by atoms with van der Waals surface area (Å²) in [5.74, 6) is 0. The second-order valence-corrected chi connectivity index (χ2v) is 6.68. The highest BCUT2D eigenvalue weighted by atomic mass is 15.2. The van der Waals surface area contributed by atoms with Crippen LogP contribution in [-0.2, 0) is 0 Å². The van der Waals surface area contributed by atoms with Crippen LogP contribution in [-0.4, -0.2) is 6.04 Å². The number of rotatable bonds is 6. The van der Waals surface area contributed by atoms with Gasteiger partial charge in [-0.2, -0.15) is 0 Å². The highest BCUT2D eigenvalue weighted by Gasteiger charge is 2.29. The summed E-state index contributed by atoms with van der Waals surface area (Å²) in [6.45, 7) is 6.87. The van der Waals surface area contributed by atoms with E-state index in [2.05, 4.69) is 92.5 Å². The van der Waals surface area contributed by atoms with Crippen molar-refractivity contribution in [2.45, 2.75) is 52.5 Å². The van der Waals surface area contributed by atoms with Gasteiger partial charge in [0.1, 0.15) is 0 Å². The molecule has 0 spiro atoms. The summed E-state index contributed by atoms with van der Waals surface area (Å²) in [5, 5.41) is 0. The van der Waals surface area contributed by atoms with E-state index in [9.17, 15) is 0 Å². The van der Waals surface area contributed by atoms with Gasteiger partial charge in [0.05, 0.1) is 6.04 Å². The lowest BCUT2D eigenvalue weighted by molar-refractivity contribution is 0.728. The third-order valence-electron chi connectivity index (χ3n) is 5.08. The van der Waals surface area contributed by atoms with Gasteiger partial charge in [-0.3, -0.25) is 0 Å². The minimum atomic E-state index is 0.389. The van der Waals surface area contributed by atoms with Gasteiger partial charge in [-0.05, 0) is 53.7 Å². The molecule has 25 heavy (non-hydrogen) atoms. The Bertz CT molecular complexity index is 740. The summed E-state index contributed by atoms with van der Waals surface area (Å²) < 4.78 is 0. The molecule has 3 rings (SSSR count).